The number of nitro groups is 2. The van der Waals surface area contributed by atoms with Crippen LogP contribution in [0.5, 0.6) is 5.75 Å². The molecule has 2 aromatic carbocycles. The van der Waals surface area contributed by atoms with E-state index in [4.69, 9.17) is 4.42 Å². The minimum absolute atomic E-state index is 0.0756. The Bertz CT molecular complexity index is 1250. The summed E-state index contributed by atoms with van der Waals surface area (Å²) in [6.45, 7) is 0. The topological polar surface area (TPSA) is 173 Å². The lowest BCUT2D eigenvalue weighted by molar-refractivity contribution is -0.385. The molecule has 0 atom stereocenters. The number of nitrogens with zero attached hydrogens (tertiary/aromatic N) is 3. The van der Waals surface area contributed by atoms with E-state index in [0.29, 0.717) is 11.3 Å². The van der Waals surface area contributed by atoms with Gasteiger partial charge in [0.1, 0.15) is 28.9 Å². The molecule has 0 unspecified atom stereocenters. The van der Waals surface area contributed by atoms with E-state index in [2.05, 4.69) is 5.32 Å². The average Bonchev–Trinajstić information content (AvgIpc) is 3.22. The lowest BCUT2D eigenvalue weighted by Crippen LogP contribution is -2.13. The van der Waals surface area contributed by atoms with Crippen molar-refractivity contribution in [2.45, 2.75) is 0 Å². The summed E-state index contributed by atoms with van der Waals surface area (Å²) >= 11 is 0. The Morgan fingerprint density at radius 3 is 2.26 bits per heavy atom. The number of aromatic hydroxyl groups is 1. The number of nitro benzene ring substituents is 2. The Balaban J connectivity index is 1.79. The minimum atomic E-state index is -0.861. The van der Waals surface area contributed by atoms with Gasteiger partial charge in [-0.2, -0.15) is 5.26 Å². The van der Waals surface area contributed by atoms with Gasteiger partial charge in [-0.1, -0.05) is 0 Å². The van der Waals surface area contributed by atoms with Crippen molar-refractivity contribution < 1.29 is 24.2 Å². The van der Waals surface area contributed by atoms with Crippen LogP contribution in [-0.2, 0) is 4.79 Å². The molecule has 0 aliphatic rings. The summed E-state index contributed by atoms with van der Waals surface area (Å²) in [7, 11) is 0. The van der Waals surface area contributed by atoms with Gasteiger partial charge in [0.2, 0.25) is 0 Å². The first-order chi connectivity index (χ1) is 14.8. The summed E-state index contributed by atoms with van der Waals surface area (Å²) < 4.78 is 5.57. The van der Waals surface area contributed by atoms with Crippen LogP contribution in [0.4, 0.5) is 17.1 Å². The van der Waals surface area contributed by atoms with Crippen molar-refractivity contribution >= 4 is 29.0 Å². The Hall–Kier alpha value is -4.98. The zero-order chi connectivity index (χ0) is 22.5. The van der Waals surface area contributed by atoms with Crippen LogP contribution in [-0.4, -0.2) is 20.9 Å². The molecule has 11 nitrogen and oxygen atoms in total. The number of nitrogens with one attached hydrogen (secondary N) is 1. The van der Waals surface area contributed by atoms with Gasteiger partial charge in [-0.3, -0.25) is 25.0 Å². The summed E-state index contributed by atoms with van der Waals surface area (Å²) in [6.07, 6.45) is 1.17. The third kappa shape index (κ3) is 4.72. The number of non-ortho nitro benzene ring substituents is 2. The van der Waals surface area contributed by atoms with Gasteiger partial charge in [0.05, 0.1) is 21.6 Å². The number of anilines is 1. The normalized spacial score (nSPS) is 10.9. The molecule has 0 saturated heterocycles. The molecule has 3 rings (SSSR count). The van der Waals surface area contributed by atoms with Crippen molar-refractivity contribution in [1.82, 2.24) is 0 Å². The van der Waals surface area contributed by atoms with Gasteiger partial charge >= 0.3 is 0 Å². The molecular weight excluding hydrogens is 408 g/mol. The first-order valence-corrected chi connectivity index (χ1v) is 8.53. The number of rotatable bonds is 6. The van der Waals surface area contributed by atoms with Crippen LogP contribution >= 0.6 is 0 Å². The highest BCUT2D eigenvalue weighted by Crippen LogP contribution is 2.29. The zero-order valence-electron chi connectivity index (χ0n) is 15.5. The van der Waals surface area contributed by atoms with E-state index in [-0.39, 0.29) is 28.4 Å². The van der Waals surface area contributed by atoms with Crippen LogP contribution in [0, 0.1) is 31.6 Å². The summed E-state index contributed by atoms with van der Waals surface area (Å²) in [6, 6.07) is 13.5. The molecule has 0 aliphatic heterocycles. The van der Waals surface area contributed by atoms with Crippen molar-refractivity contribution in [3.05, 3.63) is 86.2 Å². The van der Waals surface area contributed by atoms with Gasteiger partial charge in [-0.15, -0.1) is 0 Å². The second-order valence-corrected chi connectivity index (χ2v) is 6.09. The smallest absolute Gasteiger partial charge is 0.273 e. The Labute approximate surface area is 173 Å². The number of furan rings is 1. The van der Waals surface area contributed by atoms with Crippen LogP contribution in [0.3, 0.4) is 0 Å². The molecular formula is C20H12N4O7. The number of hydrogen-bond donors (Lipinski definition) is 2. The molecule has 0 spiro atoms. The van der Waals surface area contributed by atoms with Crippen molar-refractivity contribution in [1.29, 1.82) is 5.26 Å². The largest absolute Gasteiger partial charge is 0.506 e. The van der Waals surface area contributed by atoms with Gasteiger partial charge in [0, 0.05) is 29.8 Å². The van der Waals surface area contributed by atoms with E-state index >= 15 is 0 Å². The fourth-order valence-corrected chi connectivity index (χ4v) is 2.55. The predicted molar refractivity (Wildman–Crippen MR) is 108 cm³/mol. The highest BCUT2D eigenvalue weighted by molar-refractivity contribution is 6.10. The summed E-state index contributed by atoms with van der Waals surface area (Å²) in [5, 5.41) is 42.9. The second kappa shape index (κ2) is 8.58. The Morgan fingerprint density at radius 1 is 1.03 bits per heavy atom. The van der Waals surface area contributed by atoms with Crippen molar-refractivity contribution in [2.24, 2.45) is 0 Å². The third-order valence-corrected chi connectivity index (χ3v) is 4.08. The Kier molecular flexibility index (Phi) is 5.74. The maximum atomic E-state index is 12.3. The standard InChI is InChI=1S/C20H12N4O7/c21-11-13(20(26)22-17-7-5-15(24(29)30)10-18(17)25)9-16-6-8-19(31-16)12-1-3-14(4-2-12)23(27)28/h1-10,25H,(H,22,26). The Morgan fingerprint density at radius 2 is 1.68 bits per heavy atom. The fourth-order valence-electron chi connectivity index (χ4n) is 2.55. The van der Waals surface area contributed by atoms with Crippen LogP contribution in [0.2, 0.25) is 0 Å². The molecule has 31 heavy (non-hydrogen) atoms. The van der Waals surface area contributed by atoms with Gasteiger partial charge < -0.3 is 14.8 Å². The molecule has 1 aromatic heterocycles. The maximum Gasteiger partial charge on any atom is 0.273 e. The summed E-state index contributed by atoms with van der Waals surface area (Å²) in [5.74, 6) is -0.849. The van der Waals surface area contributed by atoms with E-state index in [0.717, 1.165) is 18.2 Å². The lowest BCUT2D eigenvalue weighted by atomic mass is 10.1. The highest BCUT2D eigenvalue weighted by Gasteiger charge is 2.16. The second-order valence-electron chi connectivity index (χ2n) is 6.09. The molecule has 0 bridgehead atoms. The number of phenolic OH excluding ortho intramolecular Hbond substituents is 1. The number of hydrogen-bond acceptors (Lipinski definition) is 8. The molecule has 1 amide bonds. The molecule has 0 saturated carbocycles. The molecule has 0 radical (unpaired) electrons. The number of carbonyl (C=O) groups excluding carboxylic acids is 1. The van der Waals surface area contributed by atoms with E-state index in [9.17, 15) is 35.4 Å². The first-order valence-electron chi connectivity index (χ1n) is 8.53. The lowest BCUT2D eigenvalue weighted by Gasteiger charge is -2.06. The van der Waals surface area contributed by atoms with Crippen molar-refractivity contribution in [2.75, 3.05) is 5.32 Å². The van der Waals surface area contributed by atoms with E-state index in [1.807, 2.05) is 0 Å². The number of carbonyl (C=O) groups is 1. The fraction of sp³-hybridized carbons (Fsp3) is 0. The summed E-state index contributed by atoms with van der Waals surface area (Å²) in [4.78, 5) is 32.6. The van der Waals surface area contributed by atoms with Gasteiger partial charge in [0.25, 0.3) is 17.3 Å². The third-order valence-electron chi connectivity index (χ3n) is 4.08. The van der Waals surface area contributed by atoms with Crippen LogP contribution in [0.15, 0.2) is 64.6 Å². The van der Waals surface area contributed by atoms with Crippen LogP contribution in [0.1, 0.15) is 5.76 Å². The number of benzene rings is 2. The quantitative estimate of drug-likeness (QED) is 0.198. The molecule has 2 N–H and O–H groups in total. The minimum Gasteiger partial charge on any atom is -0.506 e. The molecule has 11 heteroatoms. The van der Waals surface area contributed by atoms with Gasteiger partial charge in [-0.25, -0.2) is 0 Å². The zero-order valence-corrected chi connectivity index (χ0v) is 15.5. The number of phenols is 1. The first kappa shape index (κ1) is 20.7. The van der Waals surface area contributed by atoms with Crippen molar-refractivity contribution in [3.8, 4) is 23.1 Å². The van der Waals surface area contributed by atoms with Crippen molar-refractivity contribution in [3.63, 3.8) is 0 Å². The maximum absolute atomic E-state index is 12.3. The van der Waals surface area contributed by atoms with Crippen LogP contribution in [0.25, 0.3) is 17.4 Å². The molecule has 154 valence electrons. The van der Waals surface area contributed by atoms with E-state index in [1.165, 1.54) is 36.4 Å². The number of amides is 1. The van der Waals surface area contributed by atoms with E-state index < -0.39 is 21.5 Å². The predicted octanol–water partition coefficient (Wildman–Crippen LogP) is 4.01. The average molecular weight is 420 g/mol. The van der Waals surface area contributed by atoms with Gasteiger partial charge in [0.15, 0.2) is 0 Å². The SMILES string of the molecule is N#CC(=Cc1ccc(-c2ccc([N+](=O)[O-])cc2)o1)C(=O)Nc1ccc([N+](=O)[O-])cc1O. The van der Waals surface area contributed by atoms with Gasteiger partial charge in [-0.05, 0) is 30.3 Å². The number of nitriles is 1. The molecule has 0 fully saturated rings. The molecule has 1 heterocycles. The monoisotopic (exact) mass is 420 g/mol. The highest BCUT2D eigenvalue weighted by atomic mass is 16.6. The molecule has 3 aromatic rings. The van der Waals surface area contributed by atoms with Crippen LogP contribution < -0.4 is 5.32 Å². The van der Waals surface area contributed by atoms with E-state index in [1.54, 1.807) is 12.1 Å². The molecule has 0 aliphatic carbocycles. The summed E-state index contributed by atoms with van der Waals surface area (Å²) in [5.41, 5.74) is -0.330.